The van der Waals surface area contributed by atoms with Crippen LogP contribution < -0.4 is 10.2 Å². The summed E-state index contributed by atoms with van der Waals surface area (Å²) < 4.78 is 0. The first-order valence-electron chi connectivity index (χ1n) is 10.0. The number of urea groups is 1. The number of anilines is 1. The van der Waals surface area contributed by atoms with E-state index in [1.54, 1.807) is 4.90 Å². The van der Waals surface area contributed by atoms with Crippen LogP contribution >= 0.6 is 0 Å². The van der Waals surface area contributed by atoms with Gasteiger partial charge in [-0.2, -0.15) is 0 Å². The molecule has 0 aliphatic carbocycles. The average Bonchev–Trinajstić information content (AvgIpc) is 3.33. The molecule has 2 unspecified atom stereocenters. The summed E-state index contributed by atoms with van der Waals surface area (Å²) in [5, 5.41) is 3.04. The number of likely N-dealkylation sites (tertiary alicyclic amines) is 1. The smallest absolute Gasteiger partial charge is 0.326 e. The van der Waals surface area contributed by atoms with Gasteiger partial charge in [0.15, 0.2) is 5.82 Å². The second kappa shape index (κ2) is 7.33. The topological polar surface area (TPSA) is 64.1 Å². The zero-order valence-electron chi connectivity index (χ0n) is 16.4. The number of carbonyl (C=O) groups excluding carboxylic acids is 1. The van der Waals surface area contributed by atoms with Crippen molar-refractivity contribution in [1.82, 2.24) is 20.1 Å². The highest BCUT2D eigenvalue weighted by molar-refractivity contribution is 6.02. The highest BCUT2D eigenvalue weighted by atomic mass is 16.2. The van der Waals surface area contributed by atoms with E-state index in [2.05, 4.69) is 28.2 Å². The van der Waals surface area contributed by atoms with Gasteiger partial charge in [-0.05, 0) is 30.2 Å². The molecule has 1 aromatic heterocycles. The number of hydrogen-bond donors (Lipinski definition) is 1. The van der Waals surface area contributed by atoms with E-state index < -0.39 is 0 Å². The molecule has 4 heterocycles. The lowest BCUT2D eigenvalue weighted by molar-refractivity contribution is 0.216. The van der Waals surface area contributed by atoms with Crippen molar-refractivity contribution in [3.05, 3.63) is 72.4 Å². The van der Waals surface area contributed by atoms with Crippen molar-refractivity contribution in [2.24, 2.45) is 16.8 Å². The summed E-state index contributed by atoms with van der Waals surface area (Å²) >= 11 is 0. The van der Waals surface area contributed by atoms with E-state index in [1.165, 1.54) is 0 Å². The molecule has 29 heavy (non-hydrogen) atoms. The van der Waals surface area contributed by atoms with Crippen LogP contribution in [0.1, 0.15) is 12.6 Å². The maximum atomic E-state index is 12.7. The van der Waals surface area contributed by atoms with Gasteiger partial charge in [0.05, 0.1) is 5.69 Å². The van der Waals surface area contributed by atoms with Crippen molar-refractivity contribution < 1.29 is 4.79 Å². The van der Waals surface area contributed by atoms with E-state index in [-0.39, 0.29) is 11.9 Å². The number of carbonyl (C=O) groups is 1. The van der Waals surface area contributed by atoms with E-state index in [9.17, 15) is 4.79 Å². The van der Waals surface area contributed by atoms with Crippen LogP contribution in [0.15, 0.2) is 71.7 Å². The van der Waals surface area contributed by atoms with E-state index >= 15 is 0 Å². The molecule has 1 fully saturated rings. The van der Waals surface area contributed by atoms with Crippen LogP contribution in [0.4, 0.5) is 10.5 Å². The lowest BCUT2D eigenvalue weighted by Crippen LogP contribution is -2.49. The Labute approximate surface area is 170 Å². The number of rotatable bonds is 4. The number of pyridine rings is 1. The SMILES string of the molecule is CC1CN(Cc2ccccn2)CC1C1=NC2=CN(c3ccccc3)CN2C(=O)N1. The van der Waals surface area contributed by atoms with Crippen LogP contribution in [-0.4, -0.2) is 46.4 Å². The fourth-order valence-electron chi connectivity index (χ4n) is 4.28. The molecule has 148 valence electrons. The number of amidine groups is 1. The Morgan fingerprint density at radius 3 is 2.72 bits per heavy atom. The molecule has 0 bridgehead atoms. The quantitative estimate of drug-likeness (QED) is 0.875. The zero-order chi connectivity index (χ0) is 19.8. The first-order valence-corrected chi connectivity index (χ1v) is 10.0. The van der Waals surface area contributed by atoms with Crippen molar-refractivity contribution in [1.29, 1.82) is 0 Å². The number of para-hydroxylation sites is 1. The van der Waals surface area contributed by atoms with Crippen LogP contribution in [0.25, 0.3) is 0 Å². The summed E-state index contributed by atoms with van der Waals surface area (Å²) in [5.74, 6) is 2.11. The fourth-order valence-corrected chi connectivity index (χ4v) is 4.28. The maximum Gasteiger partial charge on any atom is 0.329 e. The molecule has 3 aliphatic heterocycles. The summed E-state index contributed by atoms with van der Waals surface area (Å²) in [6, 6.07) is 16.0. The molecule has 5 rings (SSSR count). The Kier molecular flexibility index (Phi) is 4.52. The molecule has 2 aromatic rings. The Bertz CT molecular complexity index is 958. The van der Waals surface area contributed by atoms with Gasteiger partial charge >= 0.3 is 6.03 Å². The normalized spacial score (nSPS) is 24.2. The van der Waals surface area contributed by atoms with E-state index in [1.807, 2.05) is 59.8 Å². The highest BCUT2D eigenvalue weighted by Crippen LogP contribution is 2.30. The second-order valence-corrected chi connectivity index (χ2v) is 7.89. The lowest BCUT2D eigenvalue weighted by Gasteiger charge is -2.28. The third-order valence-electron chi connectivity index (χ3n) is 5.80. The Morgan fingerprint density at radius 2 is 1.93 bits per heavy atom. The summed E-state index contributed by atoms with van der Waals surface area (Å²) in [4.78, 5) is 28.1. The number of hydrogen-bond acceptors (Lipinski definition) is 5. The number of nitrogens with zero attached hydrogens (tertiary/aromatic N) is 5. The number of aliphatic imine (C=N–C) groups is 1. The first kappa shape index (κ1) is 17.9. The van der Waals surface area contributed by atoms with E-state index in [4.69, 9.17) is 4.99 Å². The first-order chi connectivity index (χ1) is 14.2. The fraction of sp³-hybridized carbons (Fsp3) is 0.318. The summed E-state index contributed by atoms with van der Waals surface area (Å²) in [5.41, 5.74) is 2.12. The molecule has 7 heteroatoms. The van der Waals surface area contributed by atoms with Crippen molar-refractivity contribution in [2.75, 3.05) is 24.7 Å². The number of amides is 2. The van der Waals surface area contributed by atoms with Crippen molar-refractivity contribution in [2.45, 2.75) is 13.5 Å². The summed E-state index contributed by atoms with van der Waals surface area (Å²) in [7, 11) is 0. The standard InChI is InChI=1S/C22H24N6O/c1-16-11-26(12-17-7-5-6-10-23-17)13-19(16)21-24-20-14-27(15-28(20)22(29)25-21)18-8-3-2-4-9-18/h2-10,14,16,19H,11-13,15H2,1H3,(H,24,25,29). The van der Waals surface area contributed by atoms with Crippen LogP contribution in [-0.2, 0) is 6.54 Å². The molecule has 0 radical (unpaired) electrons. The zero-order valence-corrected chi connectivity index (χ0v) is 16.4. The predicted octanol–water partition coefficient (Wildman–Crippen LogP) is 2.85. The second-order valence-electron chi connectivity index (χ2n) is 7.89. The van der Waals surface area contributed by atoms with Gasteiger partial charge in [0.2, 0.25) is 0 Å². The van der Waals surface area contributed by atoms with Crippen molar-refractivity contribution in [3.63, 3.8) is 0 Å². The van der Waals surface area contributed by atoms with E-state index in [0.29, 0.717) is 18.4 Å². The Hall–Kier alpha value is -3.19. The van der Waals surface area contributed by atoms with Gasteiger partial charge in [0, 0.05) is 43.6 Å². The molecule has 2 amide bonds. The maximum absolute atomic E-state index is 12.7. The third kappa shape index (κ3) is 3.49. The minimum Gasteiger partial charge on any atom is -0.326 e. The summed E-state index contributed by atoms with van der Waals surface area (Å²) in [6.45, 7) is 5.36. The van der Waals surface area contributed by atoms with Gasteiger partial charge in [-0.25, -0.2) is 9.79 Å². The van der Waals surface area contributed by atoms with Gasteiger partial charge in [0.25, 0.3) is 0 Å². The number of aromatic nitrogens is 1. The molecular formula is C22H24N6O. The van der Waals surface area contributed by atoms with Crippen LogP contribution in [0.5, 0.6) is 0 Å². The van der Waals surface area contributed by atoms with Crippen LogP contribution in [0.3, 0.4) is 0 Å². The molecule has 3 aliphatic rings. The largest absolute Gasteiger partial charge is 0.329 e. The molecular weight excluding hydrogens is 364 g/mol. The third-order valence-corrected chi connectivity index (χ3v) is 5.80. The minimum absolute atomic E-state index is 0.102. The molecule has 1 N–H and O–H groups in total. The molecule has 0 spiro atoms. The minimum atomic E-state index is -0.102. The number of fused-ring (bicyclic) bond motifs is 1. The summed E-state index contributed by atoms with van der Waals surface area (Å²) in [6.07, 6.45) is 3.79. The monoisotopic (exact) mass is 388 g/mol. The van der Waals surface area contributed by atoms with Crippen molar-refractivity contribution >= 4 is 17.6 Å². The van der Waals surface area contributed by atoms with Gasteiger partial charge in [-0.1, -0.05) is 31.2 Å². The highest BCUT2D eigenvalue weighted by Gasteiger charge is 2.39. The average molecular weight is 388 g/mol. The number of benzene rings is 1. The van der Waals surface area contributed by atoms with Crippen LogP contribution in [0, 0.1) is 11.8 Å². The van der Waals surface area contributed by atoms with Gasteiger partial charge in [0.1, 0.15) is 12.5 Å². The van der Waals surface area contributed by atoms with E-state index in [0.717, 1.165) is 36.9 Å². The van der Waals surface area contributed by atoms with Crippen LogP contribution in [0.2, 0.25) is 0 Å². The van der Waals surface area contributed by atoms with Gasteiger partial charge in [-0.3, -0.25) is 20.1 Å². The Balaban J connectivity index is 1.34. The van der Waals surface area contributed by atoms with Crippen molar-refractivity contribution in [3.8, 4) is 0 Å². The lowest BCUT2D eigenvalue weighted by atomic mass is 9.96. The predicted molar refractivity (Wildman–Crippen MR) is 112 cm³/mol. The molecule has 7 nitrogen and oxygen atoms in total. The van der Waals surface area contributed by atoms with Gasteiger partial charge < -0.3 is 4.90 Å². The number of nitrogens with one attached hydrogen (secondary N) is 1. The molecule has 1 aromatic carbocycles. The van der Waals surface area contributed by atoms with Gasteiger partial charge in [-0.15, -0.1) is 0 Å². The Morgan fingerprint density at radius 1 is 1.10 bits per heavy atom. The molecule has 2 atom stereocenters. The molecule has 1 saturated heterocycles. The molecule has 0 saturated carbocycles.